The van der Waals surface area contributed by atoms with Crippen molar-refractivity contribution in [1.82, 2.24) is 5.32 Å². The minimum absolute atomic E-state index is 0.00287. The fourth-order valence-corrected chi connectivity index (χ4v) is 1.30. The van der Waals surface area contributed by atoms with Crippen molar-refractivity contribution in [3.63, 3.8) is 0 Å². The molecule has 0 aromatic heterocycles. The molecule has 0 aliphatic carbocycles. The Morgan fingerprint density at radius 2 is 2.00 bits per heavy atom. The van der Waals surface area contributed by atoms with Gasteiger partial charge in [0.25, 0.3) is 0 Å². The molecule has 0 bridgehead atoms. The molecular weight excluding hydrogens is 190 g/mol. The molecule has 1 atom stereocenters. The molecule has 0 radical (unpaired) electrons. The number of unbranched alkanes of at least 4 members (excludes halogenated alkanes) is 1. The smallest absolute Gasteiger partial charge is 0.220 e. The van der Waals surface area contributed by atoms with Gasteiger partial charge in [-0.25, -0.2) is 0 Å². The molecule has 0 saturated heterocycles. The Hall–Kier alpha value is -0.860. The van der Waals surface area contributed by atoms with E-state index in [2.05, 4.69) is 26.1 Å². The van der Waals surface area contributed by atoms with Gasteiger partial charge < -0.3 is 10.1 Å². The van der Waals surface area contributed by atoms with Crippen molar-refractivity contribution in [3.05, 3.63) is 0 Å². The first-order valence-corrected chi connectivity index (χ1v) is 5.84. The van der Waals surface area contributed by atoms with Crippen LogP contribution in [0.2, 0.25) is 0 Å². The van der Waals surface area contributed by atoms with Gasteiger partial charge >= 0.3 is 0 Å². The number of nitrogens with one attached hydrogen (secondary N) is 1. The van der Waals surface area contributed by atoms with Gasteiger partial charge in [-0.2, -0.15) is 0 Å². The van der Waals surface area contributed by atoms with E-state index in [1.807, 2.05) is 0 Å². The molecule has 15 heavy (non-hydrogen) atoms. The quantitative estimate of drug-likeness (QED) is 0.629. The van der Waals surface area contributed by atoms with Crippen LogP contribution in [0.25, 0.3) is 0 Å². The summed E-state index contributed by atoms with van der Waals surface area (Å²) in [6.45, 7) is 6.24. The molecule has 0 aromatic carbocycles. The van der Waals surface area contributed by atoms with Crippen LogP contribution in [0.5, 0.6) is 0 Å². The molecule has 0 aliphatic rings. The van der Waals surface area contributed by atoms with Crippen molar-refractivity contribution in [2.45, 2.75) is 58.9 Å². The Morgan fingerprint density at radius 3 is 2.47 bits per heavy atom. The highest BCUT2D eigenvalue weighted by atomic mass is 16.2. The van der Waals surface area contributed by atoms with Gasteiger partial charge in [0.2, 0.25) is 5.91 Å². The van der Waals surface area contributed by atoms with Gasteiger partial charge in [0.1, 0.15) is 6.29 Å². The van der Waals surface area contributed by atoms with E-state index >= 15 is 0 Å². The number of amides is 1. The lowest BCUT2D eigenvalue weighted by Crippen LogP contribution is -2.35. The first-order chi connectivity index (χ1) is 7.10. The maximum Gasteiger partial charge on any atom is 0.220 e. The molecule has 3 heteroatoms. The Bertz CT molecular complexity index is 190. The van der Waals surface area contributed by atoms with E-state index in [1.165, 1.54) is 0 Å². The average Bonchev–Trinajstić information content (AvgIpc) is 2.21. The largest absolute Gasteiger partial charge is 0.347 e. The summed E-state index contributed by atoms with van der Waals surface area (Å²) >= 11 is 0. The number of rotatable bonds is 8. The molecule has 0 aliphatic heterocycles. The zero-order chi connectivity index (χ0) is 11.7. The molecule has 3 nitrogen and oxygen atoms in total. The predicted octanol–water partition coefficient (Wildman–Crippen LogP) is 2.30. The van der Waals surface area contributed by atoms with Gasteiger partial charge in [-0.3, -0.25) is 4.79 Å². The maximum atomic E-state index is 11.4. The van der Waals surface area contributed by atoms with Gasteiger partial charge in [-0.05, 0) is 18.8 Å². The van der Waals surface area contributed by atoms with Crippen LogP contribution in [-0.2, 0) is 9.59 Å². The van der Waals surface area contributed by atoms with Crippen LogP contribution in [0.4, 0.5) is 0 Å². The van der Waals surface area contributed by atoms with Gasteiger partial charge in [-0.1, -0.05) is 33.6 Å². The third-order valence-corrected chi connectivity index (χ3v) is 2.33. The fourth-order valence-electron chi connectivity index (χ4n) is 1.30. The van der Waals surface area contributed by atoms with Crippen molar-refractivity contribution >= 4 is 12.2 Å². The number of aldehydes is 1. The van der Waals surface area contributed by atoms with Crippen molar-refractivity contribution in [3.8, 4) is 0 Å². The van der Waals surface area contributed by atoms with E-state index in [4.69, 9.17) is 0 Å². The van der Waals surface area contributed by atoms with E-state index < -0.39 is 0 Å². The standard InChI is InChI=1S/C12H23NO2/c1-4-5-6-11(9-14)13-12(15)8-7-10(2)3/h9-11H,4-8H2,1-3H3,(H,13,15)/t11-/m0/s1. The predicted molar refractivity (Wildman–Crippen MR) is 61.6 cm³/mol. The average molecular weight is 213 g/mol. The van der Waals surface area contributed by atoms with E-state index in [0.29, 0.717) is 12.3 Å². The molecule has 0 spiro atoms. The highest BCUT2D eigenvalue weighted by Gasteiger charge is 2.10. The summed E-state index contributed by atoms with van der Waals surface area (Å²) in [5.41, 5.74) is 0. The number of hydrogen-bond donors (Lipinski definition) is 1. The number of carbonyl (C=O) groups excluding carboxylic acids is 2. The second kappa shape index (κ2) is 8.45. The summed E-state index contributed by atoms with van der Waals surface area (Å²) in [6.07, 6.45) is 5.02. The number of hydrogen-bond acceptors (Lipinski definition) is 2. The van der Waals surface area contributed by atoms with Crippen molar-refractivity contribution < 1.29 is 9.59 Å². The molecular formula is C12H23NO2. The molecule has 0 fully saturated rings. The Kier molecular flexibility index (Phi) is 7.96. The highest BCUT2D eigenvalue weighted by molar-refractivity contribution is 5.79. The monoisotopic (exact) mass is 213 g/mol. The van der Waals surface area contributed by atoms with Gasteiger partial charge in [0.05, 0.1) is 6.04 Å². The lowest BCUT2D eigenvalue weighted by molar-refractivity contribution is -0.124. The van der Waals surface area contributed by atoms with Crippen LogP contribution in [0, 0.1) is 5.92 Å². The zero-order valence-electron chi connectivity index (χ0n) is 10.1. The summed E-state index contributed by atoms with van der Waals surface area (Å²) in [7, 11) is 0. The molecule has 1 N–H and O–H groups in total. The second-order valence-corrected chi connectivity index (χ2v) is 4.38. The first-order valence-electron chi connectivity index (χ1n) is 5.84. The molecule has 0 unspecified atom stereocenters. The summed E-state index contributed by atoms with van der Waals surface area (Å²) < 4.78 is 0. The third kappa shape index (κ3) is 8.16. The first kappa shape index (κ1) is 14.1. The van der Waals surface area contributed by atoms with Crippen molar-refractivity contribution in [1.29, 1.82) is 0 Å². The van der Waals surface area contributed by atoms with E-state index in [0.717, 1.165) is 32.0 Å². The molecule has 88 valence electrons. The molecule has 0 saturated carbocycles. The van der Waals surface area contributed by atoms with Gasteiger partial charge in [0.15, 0.2) is 0 Å². The third-order valence-electron chi connectivity index (χ3n) is 2.33. The van der Waals surface area contributed by atoms with Crippen LogP contribution < -0.4 is 5.32 Å². The van der Waals surface area contributed by atoms with E-state index in [-0.39, 0.29) is 11.9 Å². The second-order valence-electron chi connectivity index (χ2n) is 4.38. The SMILES string of the molecule is CCCC[C@@H](C=O)NC(=O)CCC(C)C. The van der Waals surface area contributed by atoms with E-state index in [1.54, 1.807) is 0 Å². The minimum Gasteiger partial charge on any atom is -0.347 e. The van der Waals surface area contributed by atoms with Crippen LogP contribution in [0.15, 0.2) is 0 Å². The summed E-state index contributed by atoms with van der Waals surface area (Å²) in [6, 6.07) is -0.287. The zero-order valence-corrected chi connectivity index (χ0v) is 10.1. The fraction of sp³-hybridized carbons (Fsp3) is 0.833. The number of carbonyl (C=O) groups is 2. The molecule has 0 rings (SSSR count). The lowest BCUT2D eigenvalue weighted by atomic mass is 10.1. The summed E-state index contributed by atoms with van der Waals surface area (Å²) in [4.78, 5) is 22.1. The Balaban J connectivity index is 3.75. The summed E-state index contributed by atoms with van der Waals surface area (Å²) in [5, 5.41) is 2.75. The Labute approximate surface area is 92.6 Å². The lowest BCUT2D eigenvalue weighted by Gasteiger charge is -2.12. The van der Waals surface area contributed by atoms with Gasteiger partial charge in [-0.15, -0.1) is 0 Å². The highest BCUT2D eigenvalue weighted by Crippen LogP contribution is 2.04. The molecule has 1 amide bonds. The van der Waals surface area contributed by atoms with Crippen LogP contribution in [0.3, 0.4) is 0 Å². The minimum atomic E-state index is -0.287. The van der Waals surface area contributed by atoms with E-state index in [9.17, 15) is 9.59 Å². The normalized spacial score (nSPS) is 12.5. The molecule has 0 aromatic rings. The van der Waals surface area contributed by atoms with Crippen molar-refractivity contribution in [2.24, 2.45) is 5.92 Å². The topological polar surface area (TPSA) is 46.2 Å². The maximum absolute atomic E-state index is 11.4. The van der Waals surface area contributed by atoms with Crippen LogP contribution >= 0.6 is 0 Å². The van der Waals surface area contributed by atoms with Crippen molar-refractivity contribution in [2.75, 3.05) is 0 Å². The summed E-state index contributed by atoms with van der Waals surface area (Å²) in [5.74, 6) is 0.526. The van der Waals surface area contributed by atoms with Crippen LogP contribution in [0.1, 0.15) is 52.9 Å². The van der Waals surface area contributed by atoms with Crippen LogP contribution in [-0.4, -0.2) is 18.2 Å². The van der Waals surface area contributed by atoms with Gasteiger partial charge in [0, 0.05) is 6.42 Å². The molecule has 0 heterocycles. The Morgan fingerprint density at radius 1 is 1.33 bits per heavy atom.